The van der Waals surface area contributed by atoms with Crippen molar-refractivity contribution in [3.8, 4) is 0 Å². The van der Waals surface area contributed by atoms with Crippen molar-refractivity contribution in [2.24, 2.45) is 5.92 Å². The number of Topliss-reactive ketones (excluding diaryl/α,β-unsaturated/α-hetero) is 1. The van der Waals surface area contributed by atoms with Crippen LogP contribution in [0.3, 0.4) is 0 Å². The molecule has 2 N–H and O–H groups in total. The molecule has 1 unspecified atom stereocenters. The lowest BCUT2D eigenvalue weighted by molar-refractivity contribution is -0.646. The first-order valence-corrected chi connectivity index (χ1v) is 13.7. The van der Waals surface area contributed by atoms with E-state index in [0.29, 0.717) is 28.4 Å². The second-order valence-corrected chi connectivity index (χ2v) is 11.2. The zero-order chi connectivity index (χ0) is 27.4. The van der Waals surface area contributed by atoms with Gasteiger partial charge in [-0.2, -0.15) is 13.1 Å². The first-order chi connectivity index (χ1) is 18.1. The lowest BCUT2D eigenvalue weighted by atomic mass is 10.0. The second-order valence-electron chi connectivity index (χ2n) is 9.46. The van der Waals surface area contributed by atoms with E-state index in [-0.39, 0.29) is 35.8 Å². The van der Waals surface area contributed by atoms with Crippen molar-refractivity contribution < 1.29 is 31.9 Å². The Bertz CT molecular complexity index is 1420. The van der Waals surface area contributed by atoms with Crippen molar-refractivity contribution in [2.75, 3.05) is 13.1 Å². The van der Waals surface area contributed by atoms with Gasteiger partial charge in [-0.25, -0.2) is 4.31 Å². The number of rotatable bonds is 8. The average molecular weight is 544 g/mol. The second kappa shape index (κ2) is 11.3. The van der Waals surface area contributed by atoms with Gasteiger partial charge >= 0.3 is 15.0 Å². The van der Waals surface area contributed by atoms with E-state index in [2.05, 4.69) is 15.6 Å². The SMILES string of the molecule is CC(C)CC(NC(=O)c1cc2ncccc2o1)C(=O)N([C@H]1CCCNCC1=O)S(=O)(=O)c1cccc[n+]1[O-]. The van der Waals surface area contributed by atoms with Crippen LogP contribution in [0.15, 0.2) is 58.2 Å². The smallest absolute Gasteiger partial charge is 0.329 e. The molecule has 4 heterocycles. The molecule has 1 fully saturated rings. The van der Waals surface area contributed by atoms with E-state index in [9.17, 15) is 28.0 Å². The summed E-state index contributed by atoms with van der Waals surface area (Å²) in [5.74, 6) is -2.51. The lowest BCUT2D eigenvalue weighted by Gasteiger charge is -2.32. The van der Waals surface area contributed by atoms with Gasteiger partial charge in [-0.3, -0.25) is 19.4 Å². The van der Waals surface area contributed by atoms with Crippen molar-refractivity contribution in [1.82, 2.24) is 19.9 Å². The number of pyridine rings is 2. The quantitative estimate of drug-likeness (QED) is 0.313. The zero-order valence-corrected chi connectivity index (χ0v) is 21.8. The fourth-order valence-electron chi connectivity index (χ4n) is 4.37. The summed E-state index contributed by atoms with van der Waals surface area (Å²) in [4.78, 5) is 44.3. The fourth-order valence-corrected chi connectivity index (χ4v) is 6.03. The minimum atomic E-state index is -4.78. The van der Waals surface area contributed by atoms with E-state index < -0.39 is 44.7 Å². The summed E-state index contributed by atoms with van der Waals surface area (Å²) in [6, 6.07) is 5.79. The number of amides is 2. The number of nitrogens with one attached hydrogen (secondary N) is 2. The van der Waals surface area contributed by atoms with Crippen LogP contribution < -0.4 is 15.4 Å². The number of nitrogens with zero attached hydrogens (tertiary/aromatic N) is 3. The summed E-state index contributed by atoms with van der Waals surface area (Å²) in [7, 11) is -4.78. The van der Waals surface area contributed by atoms with E-state index in [1.807, 2.05) is 0 Å². The molecule has 12 nitrogen and oxygen atoms in total. The highest BCUT2D eigenvalue weighted by molar-refractivity contribution is 7.89. The minimum absolute atomic E-state index is 0.0695. The molecular formula is C25H29N5O7S. The van der Waals surface area contributed by atoms with E-state index in [1.165, 1.54) is 24.4 Å². The number of sulfonamides is 1. The molecule has 38 heavy (non-hydrogen) atoms. The van der Waals surface area contributed by atoms with Gasteiger partial charge in [-0.05, 0) is 49.9 Å². The number of fused-ring (bicyclic) bond motifs is 1. The van der Waals surface area contributed by atoms with E-state index >= 15 is 0 Å². The Labute approximate surface area is 219 Å². The Morgan fingerprint density at radius 2 is 2.08 bits per heavy atom. The third-order valence-corrected chi connectivity index (χ3v) is 7.93. The number of furan rings is 1. The molecular weight excluding hydrogens is 514 g/mol. The standard InChI is InChI=1S/C25H29N5O7S/c1-16(2)13-18(28-24(32)22-14-17-21(37-22)8-6-11-27-17)25(33)30(19-7-5-10-26-15-20(19)31)38(35,36)23-9-3-4-12-29(23)34/h3-4,6,8-9,11-12,14,16,18-19,26H,5,7,10,13,15H2,1-2H3,(H,28,32)/t18?,19-/m0/s1. The highest BCUT2D eigenvalue weighted by Gasteiger charge is 2.45. The maximum Gasteiger partial charge on any atom is 0.329 e. The molecule has 13 heteroatoms. The van der Waals surface area contributed by atoms with Crippen molar-refractivity contribution >= 4 is 38.7 Å². The Morgan fingerprint density at radius 3 is 2.79 bits per heavy atom. The van der Waals surface area contributed by atoms with Crippen LogP contribution in [0, 0.1) is 11.1 Å². The van der Waals surface area contributed by atoms with Crippen LogP contribution in [0.4, 0.5) is 0 Å². The van der Waals surface area contributed by atoms with E-state index in [4.69, 9.17) is 4.42 Å². The molecule has 4 rings (SSSR count). The zero-order valence-electron chi connectivity index (χ0n) is 21.0. The van der Waals surface area contributed by atoms with Crippen LogP contribution in [-0.2, 0) is 19.6 Å². The Hall–Kier alpha value is -3.84. The Kier molecular flexibility index (Phi) is 8.07. The van der Waals surface area contributed by atoms with Gasteiger partial charge in [0, 0.05) is 24.4 Å². The third-order valence-electron chi connectivity index (χ3n) is 6.14. The molecule has 0 spiro atoms. The number of hydrogen-bond donors (Lipinski definition) is 2. The van der Waals surface area contributed by atoms with Crippen LogP contribution in [0.5, 0.6) is 0 Å². The van der Waals surface area contributed by atoms with Gasteiger partial charge in [-0.15, -0.1) is 0 Å². The van der Waals surface area contributed by atoms with E-state index in [1.54, 1.807) is 26.0 Å². The van der Waals surface area contributed by atoms with Crippen LogP contribution >= 0.6 is 0 Å². The number of ketones is 1. The van der Waals surface area contributed by atoms with Crippen molar-refractivity contribution in [3.63, 3.8) is 0 Å². The van der Waals surface area contributed by atoms with E-state index in [0.717, 1.165) is 12.3 Å². The molecule has 1 aliphatic rings. The number of carbonyl (C=O) groups excluding carboxylic acids is 3. The van der Waals surface area contributed by atoms with Crippen LogP contribution in [-0.4, -0.2) is 60.5 Å². The molecule has 202 valence electrons. The normalized spacial score (nSPS) is 17.2. The highest BCUT2D eigenvalue weighted by Crippen LogP contribution is 2.24. The van der Waals surface area contributed by atoms with Gasteiger partial charge in [-0.1, -0.05) is 13.8 Å². The molecule has 0 bridgehead atoms. The summed E-state index contributed by atoms with van der Waals surface area (Å²) >= 11 is 0. The number of hydrogen-bond acceptors (Lipinski definition) is 9. The van der Waals surface area contributed by atoms with Gasteiger partial charge in [0.05, 0.1) is 6.54 Å². The lowest BCUT2D eigenvalue weighted by Crippen LogP contribution is -2.58. The summed E-state index contributed by atoms with van der Waals surface area (Å²) < 4.78 is 33.7. The number of aromatic nitrogens is 2. The Balaban J connectivity index is 1.74. The molecule has 0 aliphatic carbocycles. The molecule has 0 aromatic carbocycles. The predicted octanol–water partition coefficient (Wildman–Crippen LogP) is 1.14. The van der Waals surface area contributed by atoms with Gasteiger partial charge in [0.25, 0.3) is 11.8 Å². The maximum absolute atomic E-state index is 14.0. The molecule has 0 saturated carbocycles. The first-order valence-electron chi connectivity index (χ1n) is 12.2. The predicted molar refractivity (Wildman–Crippen MR) is 135 cm³/mol. The summed E-state index contributed by atoms with van der Waals surface area (Å²) in [5.41, 5.74) is 0.809. The summed E-state index contributed by atoms with van der Waals surface area (Å²) in [5, 5.41) is 17.2. The van der Waals surface area contributed by atoms with Crippen molar-refractivity contribution in [1.29, 1.82) is 0 Å². The highest BCUT2D eigenvalue weighted by atomic mass is 32.2. The molecule has 1 saturated heterocycles. The first kappa shape index (κ1) is 27.2. The molecule has 0 radical (unpaired) electrons. The molecule has 2 amide bonds. The van der Waals surface area contributed by atoms with Gasteiger partial charge < -0.3 is 20.3 Å². The van der Waals surface area contributed by atoms with Gasteiger partial charge in [0.1, 0.15) is 17.6 Å². The molecule has 1 aliphatic heterocycles. The van der Waals surface area contributed by atoms with Crippen LogP contribution in [0.2, 0.25) is 0 Å². The topological polar surface area (TPSA) is 166 Å². The Morgan fingerprint density at radius 1 is 1.29 bits per heavy atom. The molecule has 2 atom stereocenters. The van der Waals surface area contributed by atoms with Gasteiger partial charge in [0.15, 0.2) is 23.3 Å². The average Bonchev–Trinajstić information content (AvgIpc) is 3.21. The van der Waals surface area contributed by atoms with Crippen molar-refractivity contribution in [2.45, 2.75) is 50.2 Å². The van der Waals surface area contributed by atoms with Crippen LogP contribution in [0.1, 0.15) is 43.7 Å². The van der Waals surface area contributed by atoms with Crippen molar-refractivity contribution in [3.05, 3.63) is 59.8 Å². The number of carbonyl (C=O) groups is 3. The third kappa shape index (κ3) is 5.68. The minimum Gasteiger partial charge on any atom is -0.618 e. The van der Waals surface area contributed by atoms with Gasteiger partial charge in [0.2, 0.25) is 0 Å². The molecule has 3 aromatic rings. The van der Waals surface area contributed by atoms with Crippen LogP contribution in [0.25, 0.3) is 11.1 Å². The summed E-state index contributed by atoms with van der Waals surface area (Å²) in [6.07, 6.45) is 3.10. The summed E-state index contributed by atoms with van der Waals surface area (Å²) in [6.45, 7) is 3.94. The fraction of sp³-hybridized carbons (Fsp3) is 0.400. The maximum atomic E-state index is 14.0. The monoisotopic (exact) mass is 543 g/mol. The largest absolute Gasteiger partial charge is 0.618 e. The molecule has 3 aromatic heterocycles.